The number of hydrogen-bond donors (Lipinski definition) is 2. The molecule has 5 heteroatoms. The van der Waals surface area contributed by atoms with Gasteiger partial charge in [-0.1, -0.05) is 0 Å². The topological polar surface area (TPSA) is 56.7 Å². The second-order valence-corrected chi connectivity index (χ2v) is 4.28. The third kappa shape index (κ3) is 3.12. The maximum absolute atomic E-state index is 11.8. The van der Waals surface area contributed by atoms with Crippen molar-refractivity contribution in [3.63, 3.8) is 0 Å². The zero-order chi connectivity index (χ0) is 11.2. The maximum atomic E-state index is 11.8. The van der Waals surface area contributed by atoms with Crippen molar-refractivity contribution in [3.8, 4) is 0 Å². The summed E-state index contributed by atoms with van der Waals surface area (Å²) in [6.45, 7) is 4.31. The van der Waals surface area contributed by atoms with Gasteiger partial charge in [0.05, 0.1) is 6.54 Å². The van der Waals surface area contributed by atoms with Gasteiger partial charge in [-0.05, 0) is 19.3 Å². The first-order chi connectivity index (χ1) is 7.86. The van der Waals surface area contributed by atoms with E-state index in [0.29, 0.717) is 13.0 Å². The monoisotopic (exact) mass is 224 g/mol. The quantitative estimate of drug-likeness (QED) is 0.706. The zero-order valence-electron chi connectivity index (χ0n) is 9.67. The van der Waals surface area contributed by atoms with Crippen molar-refractivity contribution < 1.29 is 4.79 Å². The van der Waals surface area contributed by atoms with Crippen molar-refractivity contribution >= 4 is 11.9 Å². The molecule has 0 unspecified atom stereocenters. The van der Waals surface area contributed by atoms with Crippen molar-refractivity contribution in [1.29, 1.82) is 0 Å². The fourth-order valence-electron chi connectivity index (χ4n) is 2.11. The first-order valence-electron chi connectivity index (χ1n) is 6.16. The highest BCUT2D eigenvalue weighted by molar-refractivity contribution is 5.82. The minimum atomic E-state index is 0.269. The summed E-state index contributed by atoms with van der Waals surface area (Å²) in [7, 11) is 0. The van der Waals surface area contributed by atoms with Gasteiger partial charge in [-0.25, -0.2) is 0 Å². The summed E-state index contributed by atoms with van der Waals surface area (Å²) in [6, 6.07) is 0. The molecule has 0 aromatic rings. The lowest BCUT2D eigenvalue weighted by atomic mass is 10.1. The number of carbonyl (C=O) groups is 1. The molecule has 1 fully saturated rings. The molecule has 2 N–H and O–H groups in total. The number of nitrogens with zero attached hydrogens (tertiary/aromatic N) is 2. The Kier molecular flexibility index (Phi) is 4.02. The lowest BCUT2D eigenvalue weighted by molar-refractivity contribution is -0.131. The van der Waals surface area contributed by atoms with E-state index in [9.17, 15) is 4.79 Å². The van der Waals surface area contributed by atoms with Gasteiger partial charge in [0.25, 0.3) is 0 Å². The van der Waals surface area contributed by atoms with Crippen molar-refractivity contribution in [3.05, 3.63) is 0 Å². The first-order valence-corrected chi connectivity index (χ1v) is 6.16. The van der Waals surface area contributed by atoms with Crippen LogP contribution in [0.5, 0.6) is 0 Å². The largest absolute Gasteiger partial charge is 0.356 e. The average Bonchev–Trinajstić information content (AvgIpc) is 2.83. The van der Waals surface area contributed by atoms with E-state index in [1.54, 1.807) is 0 Å². The van der Waals surface area contributed by atoms with E-state index in [2.05, 4.69) is 15.6 Å². The van der Waals surface area contributed by atoms with Crippen LogP contribution in [0.1, 0.15) is 25.7 Å². The SMILES string of the molecule is O=C(CCNC1=NCCN1)N1CCCCC1. The number of guanidine groups is 1. The van der Waals surface area contributed by atoms with Gasteiger partial charge < -0.3 is 15.5 Å². The summed E-state index contributed by atoms with van der Waals surface area (Å²) in [4.78, 5) is 18.0. The third-order valence-electron chi connectivity index (χ3n) is 3.01. The van der Waals surface area contributed by atoms with Crippen LogP contribution in [0.4, 0.5) is 0 Å². The molecule has 0 radical (unpaired) electrons. The van der Waals surface area contributed by atoms with E-state index >= 15 is 0 Å². The van der Waals surface area contributed by atoms with Crippen molar-refractivity contribution in [2.75, 3.05) is 32.7 Å². The molecule has 0 aliphatic carbocycles. The van der Waals surface area contributed by atoms with Gasteiger partial charge in [-0.15, -0.1) is 0 Å². The van der Waals surface area contributed by atoms with Crippen LogP contribution in [0.3, 0.4) is 0 Å². The van der Waals surface area contributed by atoms with Gasteiger partial charge in [-0.3, -0.25) is 9.79 Å². The Balaban J connectivity index is 1.63. The highest BCUT2D eigenvalue weighted by atomic mass is 16.2. The number of nitrogens with one attached hydrogen (secondary N) is 2. The van der Waals surface area contributed by atoms with Crippen molar-refractivity contribution in [1.82, 2.24) is 15.5 Å². The van der Waals surface area contributed by atoms with E-state index in [1.807, 2.05) is 4.90 Å². The van der Waals surface area contributed by atoms with E-state index in [1.165, 1.54) is 6.42 Å². The molecule has 5 nitrogen and oxygen atoms in total. The minimum Gasteiger partial charge on any atom is -0.356 e. The molecule has 0 aromatic heterocycles. The van der Waals surface area contributed by atoms with E-state index in [-0.39, 0.29) is 5.91 Å². The molecule has 1 saturated heterocycles. The standard InChI is InChI=1S/C11H20N4O/c16-10(15-8-2-1-3-9-15)4-5-12-11-13-6-7-14-11/h1-9H2,(H2,12,13,14). The van der Waals surface area contributed by atoms with Crippen LogP contribution in [0.25, 0.3) is 0 Å². The molecule has 1 amide bonds. The Morgan fingerprint density at radius 1 is 1.38 bits per heavy atom. The van der Waals surface area contributed by atoms with Crippen LogP contribution in [0, 0.1) is 0 Å². The number of aliphatic imine (C=N–C) groups is 1. The molecular formula is C11H20N4O. The van der Waals surface area contributed by atoms with Crippen LogP contribution in [0.2, 0.25) is 0 Å². The minimum absolute atomic E-state index is 0.269. The fraction of sp³-hybridized carbons (Fsp3) is 0.818. The predicted molar refractivity (Wildman–Crippen MR) is 63.4 cm³/mol. The summed E-state index contributed by atoms with van der Waals surface area (Å²) in [5.41, 5.74) is 0. The summed E-state index contributed by atoms with van der Waals surface area (Å²) < 4.78 is 0. The molecule has 0 spiro atoms. The first kappa shape index (κ1) is 11.2. The van der Waals surface area contributed by atoms with Crippen molar-refractivity contribution in [2.45, 2.75) is 25.7 Å². The Labute approximate surface area is 96.3 Å². The summed E-state index contributed by atoms with van der Waals surface area (Å²) in [5, 5.41) is 6.27. The lowest BCUT2D eigenvalue weighted by Gasteiger charge is -2.26. The molecule has 0 saturated carbocycles. The molecule has 2 rings (SSSR count). The maximum Gasteiger partial charge on any atom is 0.224 e. The number of hydrogen-bond acceptors (Lipinski definition) is 4. The zero-order valence-corrected chi connectivity index (χ0v) is 9.67. The fourth-order valence-corrected chi connectivity index (χ4v) is 2.11. The van der Waals surface area contributed by atoms with Crippen LogP contribution >= 0.6 is 0 Å². The summed E-state index contributed by atoms with van der Waals surface area (Å²) in [6.07, 6.45) is 4.16. The average molecular weight is 224 g/mol. The highest BCUT2D eigenvalue weighted by Crippen LogP contribution is 2.09. The second kappa shape index (κ2) is 5.72. The number of carbonyl (C=O) groups excluding carboxylic acids is 1. The van der Waals surface area contributed by atoms with Gasteiger partial charge >= 0.3 is 0 Å². The van der Waals surface area contributed by atoms with Crippen molar-refractivity contribution in [2.24, 2.45) is 4.99 Å². The number of piperidine rings is 1. The van der Waals surface area contributed by atoms with E-state index in [4.69, 9.17) is 0 Å². The molecule has 90 valence electrons. The van der Waals surface area contributed by atoms with Gasteiger partial charge in [0.15, 0.2) is 5.96 Å². The molecule has 0 atom stereocenters. The molecule has 2 heterocycles. The van der Waals surface area contributed by atoms with Crippen LogP contribution in [-0.4, -0.2) is 49.5 Å². The number of rotatable bonds is 3. The summed E-state index contributed by atoms with van der Waals surface area (Å²) >= 11 is 0. The molecular weight excluding hydrogens is 204 g/mol. The molecule has 2 aliphatic rings. The number of amides is 1. The Morgan fingerprint density at radius 2 is 2.19 bits per heavy atom. The lowest BCUT2D eigenvalue weighted by Crippen LogP contribution is -2.39. The Bertz CT molecular complexity index is 271. The predicted octanol–water partition coefficient (Wildman–Crippen LogP) is -0.0622. The highest BCUT2D eigenvalue weighted by Gasteiger charge is 2.15. The molecule has 16 heavy (non-hydrogen) atoms. The molecule has 0 bridgehead atoms. The van der Waals surface area contributed by atoms with Gasteiger partial charge in [0.1, 0.15) is 0 Å². The van der Waals surface area contributed by atoms with E-state index in [0.717, 1.165) is 45.0 Å². The third-order valence-corrected chi connectivity index (χ3v) is 3.01. The van der Waals surface area contributed by atoms with Crippen LogP contribution in [0.15, 0.2) is 4.99 Å². The van der Waals surface area contributed by atoms with Gasteiger partial charge in [-0.2, -0.15) is 0 Å². The smallest absolute Gasteiger partial charge is 0.224 e. The number of likely N-dealkylation sites (tertiary alicyclic amines) is 1. The van der Waals surface area contributed by atoms with Crippen LogP contribution < -0.4 is 10.6 Å². The molecule has 2 aliphatic heterocycles. The van der Waals surface area contributed by atoms with Crippen LogP contribution in [-0.2, 0) is 4.79 Å². The van der Waals surface area contributed by atoms with E-state index < -0.39 is 0 Å². The summed E-state index contributed by atoms with van der Waals surface area (Å²) in [5.74, 6) is 1.11. The molecule has 0 aromatic carbocycles. The Morgan fingerprint density at radius 3 is 2.88 bits per heavy atom. The van der Waals surface area contributed by atoms with Gasteiger partial charge in [0, 0.05) is 32.6 Å². The van der Waals surface area contributed by atoms with Gasteiger partial charge in [0.2, 0.25) is 5.91 Å². The normalized spacial score (nSPS) is 20.2. The second-order valence-electron chi connectivity index (χ2n) is 4.28. The Hall–Kier alpha value is -1.26.